The Balaban J connectivity index is 1.90. The van der Waals surface area contributed by atoms with Crippen molar-refractivity contribution in [2.45, 2.75) is 26.4 Å². The zero-order valence-electron chi connectivity index (χ0n) is 10.8. The van der Waals surface area contributed by atoms with Gasteiger partial charge in [-0.15, -0.1) is 0 Å². The third-order valence-electron chi connectivity index (χ3n) is 3.11. The molecule has 1 aliphatic rings. The summed E-state index contributed by atoms with van der Waals surface area (Å²) in [6, 6.07) is 7.69. The van der Waals surface area contributed by atoms with Gasteiger partial charge in [-0.1, -0.05) is 32.0 Å². The van der Waals surface area contributed by atoms with Crippen LogP contribution in [0.25, 0.3) is 0 Å². The number of para-hydroxylation sites is 1. The Bertz CT molecular complexity index is 417. The fourth-order valence-corrected chi connectivity index (χ4v) is 1.82. The number of rotatable bonds is 4. The summed E-state index contributed by atoms with van der Waals surface area (Å²) in [5.41, 5.74) is 0.764. The molecule has 0 aromatic heterocycles. The number of hydrogen-bond acceptors (Lipinski definition) is 3. The molecule has 1 aliphatic heterocycles. The lowest BCUT2D eigenvalue weighted by Crippen LogP contribution is -2.42. The number of nitrogens with one attached hydrogen (secondary N) is 1. The predicted octanol–water partition coefficient (Wildman–Crippen LogP) is 1.12. The number of amides is 1. The van der Waals surface area contributed by atoms with Crippen molar-refractivity contribution in [3.8, 4) is 5.75 Å². The minimum atomic E-state index is -0.447. The lowest BCUT2D eigenvalue weighted by molar-refractivity contribution is -0.127. The van der Waals surface area contributed by atoms with E-state index < -0.39 is 6.10 Å². The first-order chi connectivity index (χ1) is 8.52. The molecule has 18 heavy (non-hydrogen) atoms. The summed E-state index contributed by atoms with van der Waals surface area (Å²) in [4.78, 5) is 12.0. The van der Waals surface area contributed by atoms with Gasteiger partial charge in [0.05, 0.1) is 0 Å². The second-order valence-corrected chi connectivity index (χ2v) is 5.46. The Labute approximate surface area is 107 Å². The number of carbonyl (C=O) groups is 1. The third-order valence-corrected chi connectivity index (χ3v) is 3.11. The normalized spacial score (nSPS) is 18.1. The number of aliphatic hydroxyl groups is 1. The number of carbonyl (C=O) groups excluding carboxylic acids is 1. The van der Waals surface area contributed by atoms with Gasteiger partial charge in [0, 0.05) is 25.0 Å². The van der Waals surface area contributed by atoms with Gasteiger partial charge in [-0.05, 0) is 11.6 Å². The molecule has 0 fully saturated rings. The Hall–Kier alpha value is -1.55. The molecular formula is C14H19NO3. The molecular weight excluding hydrogens is 230 g/mol. The average molecular weight is 249 g/mol. The van der Waals surface area contributed by atoms with Crippen LogP contribution in [0.2, 0.25) is 0 Å². The summed E-state index contributed by atoms with van der Waals surface area (Å²) in [5.74, 6) is 0.673. The van der Waals surface area contributed by atoms with Gasteiger partial charge >= 0.3 is 0 Å². The number of hydrogen-bond donors (Lipinski definition) is 2. The third kappa shape index (κ3) is 2.82. The summed E-state index contributed by atoms with van der Waals surface area (Å²) in [5, 5.41) is 12.0. The average Bonchev–Trinajstić information content (AvgIpc) is 2.80. The van der Waals surface area contributed by atoms with E-state index in [2.05, 4.69) is 5.32 Å². The fourth-order valence-electron chi connectivity index (χ4n) is 1.82. The molecule has 0 bridgehead atoms. The zero-order chi connectivity index (χ0) is 13.2. The van der Waals surface area contributed by atoms with E-state index in [1.165, 1.54) is 0 Å². The minimum Gasteiger partial charge on any atom is -0.480 e. The van der Waals surface area contributed by atoms with E-state index in [-0.39, 0.29) is 17.9 Å². The maximum atomic E-state index is 12.0. The number of fused-ring (bicyclic) bond motifs is 1. The van der Waals surface area contributed by atoms with Crippen LogP contribution in [0.1, 0.15) is 19.4 Å². The van der Waals surface area contributed by atoms with Crippen molar-refractivity contribution in [2.75, 3.05) is 13.2 Å². The van der Waals surface area contributed by atoms with Crippen molar-refractivity contribution in [1.29, 1.82) is 0 Å². The molecule has 98 valence electrons. The Kier molecular flexibility index (Phi) is 3.57. The van der Waals surface area contributed by atoms with Crippen LogP contribution in [0, 0.1) is 5.41 Å². The fraction of sp³-hybridized carbons (Fsp3) is 0.500. The number of aliphatic hydroxyl groups excluding tert-OH is 1. The lowest BCUT2D eigenvalue weighted by atomic mass is 9.95. The minimum absolute atomic E-state index is 0.0407. The molecule has 1 atom stereocenters. The molecule has 1 unspecified atom stereocenters. The Morgan fingerprint density at radius 3 is 2.89 bits per heavy atom. The summed E-state index contributed by atoms with van der Waals surface area (Å²) in [7, 11) is 0. The van der Waals surface area contributed by atoms with Gasteiger partial charge < -0.3 is 15.2 Å². The van der Waals surface area contributed by atoms with Crippen molar-refractivity contribution >= 4 is 5.91 Å². The van der Waals surface area contributed by atoms with E-state index in [0.717, 1.165) is 11.3 Å². The van der Waals surface area contributed by atoms with E-state index in [0.29, 0.717) is 13.0 Å². The molecule has 0 radical (unpaired) electrons. The molecule has 0 saturated carbocycles. The van der Waals surface area contributed by atoms with Gasteiger partial charge in [0.2, 0.25) is 0 Å². The van der Waals surface area contributed by atoms with Crippen molar-refractivity contribution in [1.82, 2.24) is 5.32 Å². The highest BCUT2D eigenvalue weighted by molar-refractivity contribution is 5.82. The van der Waals surface area contributed by atoms with Gasteiger partial charge in [0.25, 0.3) is 5.91 Å². The number of benzene rings is 1. The molecule has 4 nitrogen and oxygen atoms in total. The SMILES string of the molecule is CC(C)(CO)CNC(=O)C1Cc2ccccc2O1. The molecule has 1 amide bonds. The molecule has 0 saturated heterocycles. The topological polar surface area (TPSA) is 58.6 Å². The first-order valence-corrected chi connectivity index (χ1v) is 6.15. The summed E-state index contributed by atoms with van der Waals surface area (Å²) < 4.78 is 5.59. The molecule has 0 aliphatic carbocycles. The van der Waals surface area contributed by atoms with E-state index >= 15 is 0 Å². The van der Waals surface area contributed by atoms with E-state index in [4.69, 9.17) is 9.84 Å². The van der Waals surface area contributed by atoms with Crippen molar-refractivity contribution in [3.63, 3.8) is 0 Å². The van der Waals surface area contributed by atoms with Crippen LogP contribution in [0.5, 0.6) is 5.75 Å². The summed E-state index contributed by atoms with van der Waals surface area (Å²) in [6.07, 6.45) is 0.165. The van der Waals surface area contributed by atoms with Crippen molar-refractivity contribution in [2.24, 2.45) is 5.41 Å². The number of ether oxygens (including phenoxy) is 1. The first kappa shape index (κ1) is 12.9. The largest absolute Gasteiger partial charge is 0.480 e. The standard InChI is InChI=1S/C14H19NO3/c1-14(2,9-16)8-15-13(17)12-7-10-5-3-4-6-11(10)18-12/h3-6,12,16H,7-9H2,1-2H3,(H,15,17). The summed E-state index contributed by atoms with van der Waals surface area (Å²) >= 11 is 0. The van der Waals surface area contributed by atoms with Gasteiger partial charge in [0.15, 0.2) is 6.10 Å². The van der Waals surface area contributed by atoms with Crippen LogP contribution in [0.15, 0.2) is 24.3 Å². The monoisotopic (exact) mass is 249 g/mol. The van der Waals surface area contributed by atoms with Gasteiger partial charge in [-0.2, -0.15) is 0 Å². The molecule has 2 rings (SSSR count). The first-order valence-electron chi connectivity index (χ1n) is 6.15. The maximum absolute atomic E-state index is 12.0. The smallest absolute Gasteiger partial charge is 0.261 e. The maximum Gasteiger partial charge on any atom is 0.261 e. The van der Waals surface area contributed by atoms with Gasteiger partial charge in [0.1, 0.15) is 5.75 Å². The molecule has 4 heteroatoms. The van der Waals surface area contributed by atoms with Crippen LogP contribution in [-0.4, -0.2) is 30.3 Å². The van der Waals surface area contributed by atoms with Crippen LogP contribution in [0.3, 0.4) is 0 Å². The summed E-state index contributed by atoms with van der Waals surface area (Å²) in [6.45, 7) is 4.28. The second-order valence-electron chi connectivity index (χ2n) is 5.46. The highest BCUT2D eigenvalue weighted by atomic mass is 16.5. The highest BCUT2D eigenvalue weighted by Crippen LogP contribution is 2.28. The van der Waals surface area contributed by atoms with E-state index in [1.54, 1.807) is 0 Å². The highest BCUT2D eigenvalue weighted by Gasteiger charge is 2.29. The quantitative estimate of drug-likeness (QED) is 0.841. The Morgan fingerprint density at radius 2 is 2.22 bits per heavy atom. The van der Waals surface area contributed by atoms with E-state index in [9.17, 15) is 4.79 Å². The van der Waals surface area contributed by atoms with Crippen LogP contribution in [-0.2, 0) is 11.2 Å². The Morgan fingerprint density at radius 1 is 1.50 bits per heavy atom. The zero-order valence-corrected chi connectivity index (χ0v) is 10.8. The van der Waals surface area contributed by atoms with Crippen LogP contribution < -0.4 is 10.1 Å². The van der Waals surface area contributed by atoms with Crippen LogP contribution in [0.4, 0.5) is 0 Å². The predicted molar refractivity (Wildman–Crippen MR) is 68.4 cm³/mol. The molecule has 1 aromatic rings. The molecule has 1 heterocycles. The van der Waals surface area contributed by atoms with Crippen molar-refractivity contribution < 1.29 is 14.6 Å². The van der Waals surface area contributed by atoms with Crippen LogP contribution >= 0.6 is 0 Å². The second kappa shape index (κ2) is 4.98. The van der Waals surface area contributed by atoms with Gasteiger partial charge in [-0.3, -0.25) is 4.79 Å². The molecule has 2 N–H and O–H groups in total. The molecule has 0 spiro atoms. The lowest BCUT2D eigenvalue weighted by Gasteiger charge is -2.22. The molecule has 1 aromatic carbocycles. The van der Waals surface area contributed by atoms with E-state index in [1.807, 2.05) is 38.1 Å². The van der Waals surface area contributed by atoms with Crippen molar-refractivity contribution in [3.05, 3.63) is 29.8 Å². The van der Waals surface area contributed by atoms with Gasteiger partial charge in [-0.25, -0.2) is 0 Å².